The average molecular weight is 312 g/mol. The number of rotatable bonds is 5. The van der Waals surface area contributed by atoms with E-state index in [1.807, 2.05) is 42.6 Å². The van der Waals surface area contributed by atoms with Crippen LogP contribution in [0.15, 0.2) is 47.6 Å². The second-order valence-electron chi connectivity index (χ2n) is 5.11. The highest BCUT2D eigenvalue weighted by atomic mass is 16.7. The zero-order valence-corrected chi connectivity index (χ0v) is 13.1. The fourth-order valence-electron chi connectivity index (χ4n) is 2.31. The number of nitrogens with one attached hydrogen (secondary N) is 2. The van der Waals surface area contributed by atoms with Crippen molar-refractivity contribution < 1.29 is 9.47 Å². The predicted molar refractivity (Wildman–Crippen MR) is 88.7 cm³/mol. The van der Waals surface area contributed by atoms with E-state index in [0.717, 1.165) is 41.7 Å². The van der Waals surface area contributed by atoms with Gasteiger partial charge in [0.15, 0.2) is 17.5 Å². The lowest BCUT2D eigenvalue weighted by Gasteiger charge is -2.12. The van der Waals surface area contributed by atoms with E-state index in [-0.39, 0.29) is 0 Å². The number of benzene rings is 1. The molecule has 3 rings (SSSR count). The summed E-state index contributed by atoms with van der Waals surface area (Å²) in [5.74, 6) is 2.35. The number of ether oxygens (including phenoxy) is 2. The molecule has 0 fully saturated rings. The van der Waals surface area contributed by atoms with Crippen molar-refractivity contribution >= 4 is 5.96 Å². The first kappa shape index (κ1) is 15.1. The van der Waals surface area contributed by atoms with Gasteiger partial charge in [-0.2, -0.15) is 0 Å². The molecule has 1 aromatic heterocycles. The minimum absolute atomic E-state index is 0.295. The van der Waals surface area contributed by atoms with Gasteiger partial charge in [0.1, 0.15) is 0 Å². The Balaban J connectivity index is 1.46. The summed E-state index contributed by atoms with van der Waals surface area (Å²) in [7, 11) is 1.76. The molecule has 0 saturated carbocycles. The summed E-state index contributed by atoms with van der Waals surface area (Å²) in [5, 5.41) is 6.57. The Morgan fingerprint density at radius 1 is 1.17 bits per heavy atom. The average Bonchev–Trinajstić information content (AvgIpc) is 3.06. The summed E-state index contributed by atoms with van der Waals surface area (Å²) in [6.07, 6.45) is 2.66. The first-order valence-corrected chi connectivity index (χ1v) is 7.58. The molecule has 1 aliphatic rings. The van der Waals surface area contributed by atoms with Crippen molar-refractivity contribution in [1.29, 1.82) is 0 Å². The van der Waals surface area contributed by atoms with Crippen LogP contribution >= 0.6 is 0 Å². The molecule has 0 aliphatic carbocycles. The van der Waals surface area contributed by atoms with Gasteiger partial charge in [-0.25, -0.2) is 0 Å². The summed E-state index contributed by atoms with van der Waals surface area (Å²) in [5.41, 5.74) is 2.17. The first-order chi connectivity index (χ1) is 11.3. The summed E-state index contributed by atoms with van der Waals surface area (Å²) < 4.78 is 10.7. The standard InChI is InChI=1S/C17H20N4O2/c1-18-17(20-9-7-14-4-2-3-8-19-14)21-11-13-5-6-15-16(10-13)23-12-22-15/h2-6,8,10H,7,9,11-12H2,1H3,(H2,18,20,21). The van der Waals surface area contributed by atoms with Crippen LogP contribution in [0, 0.1) is 0 Å². The molecule has 0 atom stereocenters. The highest BCUT2D eigenvalue weighted by Crippen LogP contribution is 2.32. The van der Waals surface area contributed by atoms with Crippen molar-refractivity contribution in [1.82, 2.24) is 15.6 Å². The lowest BCUT2D eigenvalue weighted by Crippen LogP contribution is -2.37. The van der Waals surface area contributed by atoms with E-state index in [1.54, 1.807) is 7.05 Å². The van der Waals surface area contributed by atoms with Crippen molar-refractivity contribution in [3.05, 3.63) is 53.9 Å². The van der Waals surface area contributed by atoms with E-state index in [0.29, 0.717) is 13.3 Å². The van der Waals surface area contributed by atoms with Crippen molar-refractivity contribution in [3.63, 3.8) is 0 Å². The van der Waals surface area contributed by atoms with Crippen LogP contribution in [-0.2, 0) is 13.0 Å². The third-order valence-corrected chi connectivity index (χ3v) is 3.52. The smallest absolute Gasteiger partial charge is 0.231 e. The largest absolute Gasteiger partial charge is 0.454 e. The normalized spacial score (nSPS) is 13.0. The van der Waals surface area contributed by atoms with Crippen LogP contribution in [-0.4, -0.2) is 31.3 Å². The highest BCUT2D eigenvalue weighted by molar-refractivity contribution is 5.79. The molecule has 23 heavy (non-hydrogen) atoms. The number of nitrogens with zero attached hydrogens (tertiary/aromatic N) is 2. The molecule has 2 aromatic rings. The SMILES string of the molecule is CN=C(NCCc1ccccn1)NCc1ccc2c(c1)OCO2. The van der Waals surface area contributed by atoms with Gasteiger partial charge in [-0.1, -0.05) is 12.1 Å². The Morgan fingerprint density at radius 3 is 2.91 bits per heavy atom. The van der Waals surface area contributed by atoms with Gasteiger partial charge in [-0.15, -0.1) is 0 Å². The van der Waals surface area contributed by atoms with Crippen LogP contribution in [0.25, 0.3) is 0 Å². The molecule has 0 amide bonds. The molecule has 1 aromatic carbocycles. The molecular formula is C17H20N4O2. The third kappa shape index (κ3) is 4.12. The van der Waals surface area contributed by atoms with Gasteiger partial charge in [0, 0.05) is 38.4 Å². The van der Waals surface area contributed by atoms with Gasteiger partial charge in [0.05, 0.1) is 0 Å². The predicted octanol–water partition coefficient (Wildman–Crippen LogP) is 1.72. The minimum Gasteiger partial charge on any atom is -0.454 e. The van der Waals surface area contributed by atoms with E-state index < -0.39 is 0 Å². The summed E-state index contributed by atoms with van der Waals surface area (Å²) in [4.78, 5) is 8.53. The third-order valence-electron chi connectivity index (χ3n) is 3.52. The molecule has 6 nitrogen and oxygen atoms in total. The van der Waals surface area contributed by atoms with Crippen LogP contribution < -0.4 is 20.1 Å². The summed E-state index contributed by atoms with van der Waals surface area (Å²) in [6, 6.07) is 11.9. The Hall–Kier alpha value is -2.76. The maximum absolute atomic E-state index is 5.38. The van der Waals surface area contributed by atoms with Gasteiger partial charge >= 0.3 is 0 Å². The number of pyridine rings is 1. The summed E-state index contributed by atoms with van der Waals surface area (Å²) in [6.45, 7) is 1.74. The Kier molecular flexibility index (Phi) is 4.93. The van der Waals surface area contributed by atoms with E-state index in [2.05, 4.69) is 20.6 Å². The van der Waals surface area contributed by atoms with Crippen LogP contribution in [0.1, 0.15) is 11.3 Å². The molecule has 0 saturated heterocycles. The number of guanidine groups is 1. The Morgan fingerprint density at radius 2 is 2.09 bits per heavy atom. The molecular weight excluding hydrogens is 292 g/mol. The molecule has 2 N–H and O–H groups in total. The molecule has 120 valence electrons. The monoisotopic (exact) mass is 312 g/mol. The quantitative estimate of drug-likeness (QED) is 0.650. The van der Waals surface area contributed by atoms with Crippen molar-refractivity contribution in [2.75, 3.05) is 20.4 Å². The molecule has 2 heterocycles. The number of fused-ring (bicyclic) bond motifs is 1. The van der Waals surface area contributed by atoms with Crippen molar-refractivity contribution in [3.8, 4) is 11.5 Å². The van der Waals surface area contributed by atoms with Crippen LogP contribution in [0.2, 0.25) is 0 Å². The van der Waals surface area contributed by atoms with Gasteiger partial charge < -0.3 is 20.1 Å². The van der Waals surface area contributed by atoms with Crippen LogP contribution in [0.5, 0.6) is 11.5 Å². The molecule has 0 bridgehead atoms. The lowest BCUT2D eigenvalue weighted by atomic mass is 10.2. The van der Waals surface area contributed by atoms with E-state index >= 15 is 0 Å². The number of hydrogen-bond donors (Lipinski definition) is 2. The number of aliphatic imine (C=N–C) groups is 1. The van der Waals surface area contributed by atoms with Crippen LogP contribution in [0.4, 0.5) is 0 Å². The zero-order chi connectivity index (χ0) is 15.9. The molecule has 0 spiro atoms. The van der Waals surface area contributed by atoms with Crippen molar-refractivity contribution in [2.45, 2.75) is 13.0 Å². The molecule has 0 radical (unpaired) electrons. The first-order valence-electron chi connectivity index (χ1n) is 7.58. The second-order valence-corrected chi connectivity index (χ2v) is 5.11. The molecule has 1 aliphatic heterocycles. The summed E-state index contributed by atoms with van der Waals surface area (Å²) >= 11 is 0. The van der Waals surface area contributed by atoms with Crippen LogP contribution in [0.3, 0.4) is 0 Å². The van der Waals surface area contributed by atoms with E-state index in [4.69, 9.17) is 9.47 Å². The number of aromatic nitrogens is 1. The molecule has 6 heteroatoms. The lowest BCUT2D eigenvalue weighted by molar-refractivity contribution is 0.174. The maximum Gasteiger partial charge on any atom is 0.231 e. The topological polar surface area (TPSA) is 67.8 Å². The maximum atomic E-state index is 5.38. The van der Waals surface area contributed by atoms with Gasteiger partial charge in [0.25, 0.3) is 0 Å². The second kappa shape index (κ2) is 7.49. The zero-order valence-electron chi connectivity index (χ0n) is 13.1. The van der Waals surface area contributed by atoms with Crippen molar-refractivity contribution in [2.24, 2.45) is 4.99 Å². The highest BCUT2D eigenvalue weighted by Gasteiger charge is 2.13. The van der Waals surface area contributed by atoms with Gasteiger partial charge in [-0.05, 0) is 29.8 Å². The Labute approximate surface area is 135 Å². The van der Waals surface area contributed by atoms with E-state index in [1.165, 1.54) is 0 Å². The molecule has 0 unspecified atom stereocenters. The van der Waals surface area contributed by atoms with E-state index in [9.17, 15) is 0 Å². The fraction of sp³-hybridized carbons (Fsp3) is 0.294. The fourth-order valence-corrected chi connectivity index (χ4v) is 2.31. The Bertz CT molecular complexity index is 674. The number of hydrogen-bond acceptors (Lipinski definition) is 4. The van der Waals surface area contributed by atoms with Gasteiger partial charge in [-0.3, -0.25) is 9.98 Å². The van der Waals surface area contributed by atoms with Gasteiger partial charge in [0.2, 0.25) is 6.79 Å². The minimum atomic E-state index is 0.295.